The van der Waals surface area contributed by atoms with Crippen LogP contribution in [-0.2, 0) is 10.2 Å². The summed E-state index contributed by atoms with van der Waals surface area (Å²) in [5.41, 5.74) is 4.91. The zero-order valence-corrected chi connectivity index (χ0v) is 14.3. The van der Waals surface area contributed by atoms with Crippen molar-refractivity contribution in [2.45, 2.75) is 64.3 Å². The first-order valence-electron chi connectivity index (χ1n) is 8.45. The zero-order chi connectivity index (χ0) is 16.2. The molecular formula is C19H28NO2+. The number of hydrogen-bond donors (Lipinski definition) is 1. The molecule has 0 bridgehead atoms. The number of carbonyl (C=O) groups is 1. The van der Waals surface area contributed by atoms with Gasteiger partial charge in [-0.15, -0.1) is 0 Å². The molecule has 0 radical (unpaired) electrons. The maximum Gasteiger partial charge on any atom is 0.303 e. The van der Waals surface area contributed by atoms with Crippen molar-refractivity contribution in [3.05, 3.63) is 29.3 Å². The van der Waals surface area contributed by atoms with E-state index in [1.54, 1.807) is 0 Å². The molecule has 3 rings (SSSR count). The molecular weight excluding hydrogens is 274 g/mol. The fourth-order valence-corrected chi connectivity index (χ4v) is 4.67. The summed E-state index contributed by atoms with van der Waals surface area (Å²) in [6.07, 6.45) is 3.24. The van der Waals surface area contributed by atoms with E-state index in [0.29, 0.717) is 12.0 Å². The van der Waals surface area contributed by atoms with Gasteiger partial charge in [-0.25, -0.2) is 0 Å². The Morgan fingerprint density at radius 1 is 1.23 bits per heavy atom. The van der Waals surface area contributed by atoms with Crippen molar-refractivity contribution < 1.29 is 9.90 Å². The zero-order valence-electron chi connectivity index (χ0n) is 14.3. The molecule has 22 heavy (non-hydrogen) atoms. The molecule has 0 amide bonds. The van der Waals surface area contributed by atoms with Crippen LogP contribution in [0.4, 0.5) is 5.69 Å². The Morgan fingerprint density at radius 3 is 2.64 bits per heavy atom. The lowest BCUT2D eigenvalue weighted by Gasteiger charge is -2.24. The molecule has 0 saturated carbocycles. The van der Waals surface area contributed by atoms with Crippen LogP contribution in [-0.4, -0.2) is 29.7 Å². The summed E-state index contributed by atoms with van der Waals surface area (Å²) in [6, 6.07) is 6.95. The van der Waals surface area contributed by atoms with Gasteiger partial charge in [0.2, 0.25) is 0 Å². The Labute approximate surface area is 133 Å². The maximum atomic E-state index is 10.6. The van der Waals surface area contributed by atoms with Gasteiger partial charge in [-0.2, -0.15) is 0 Å². The number of rotatable bonds is 6. The summed E-state index contributed by atoms with van der Waals surface area (Å²) in [5.74, 6) is -0.674. The van der Waals surface area contributed by atoms with Crippen LogP contribution in [0.3, 0.4) is 0 Å². The van der Waals surface area contributed by atoms with E-state index in [9.17, 15) is 4.79 Å². The van der Waals surface area contributed by atoms with Gasteiger partial charge in [0, 0.05) is 12.0 Å². The van der Waals surface area contributed by atoms with Crippen LogP contribution < -0.4 is 4.48 Å². The first kappa shape index (κ1) is 15.5. The van der Waals surface area contributed by atoms with E-state index in [1.165, 1.54) is 23.4 Å². The van der Waals surface area contributed by atoms with Crippen molar-refractivity contribution in [1.82, 2.24) is 4.48 Å². The number of quaternary nitrogens is 1. The van der Waals surface area contributed by atoms with Gasteiger partial charge in [-0.3, -0.25) is 9.28 Å². The third kappa shape index (κ3) is 1.95. The van der Waals surface area contributed by atoms with Crippen molar-refractivity contribution in [2.75, 3.05) is 13.1 Å². The maximum absolute atomic E-state index is 10.6. The van der Waals surface area contributed by atoms with Crippen LogP contribution >= 0.6 is 0 Å². The Balaban J connectivity index is 1.77. The van der Waals surface area contributed by atoms with E-state index in [4.69, 9.17) is 5.11 Å². The number of unbranched alkanes of at least 4 members (excludes halogenated alkanes) is 2. The van der Waals surface area contributed by atoms with Crippen molar-refractivity contribution >= 4 is 11.7 Å². The molecule has 120 valence electrons. The second-order valence-corrected chi connectivity index (χ2v) is 7.97. The van der Waals surface area contributed by atoms with Gasteiger partial charge < -0.3 is 5.11 Å². The fourth-order valence-electron chi connectivity index (χ4n) is 4.67. The van der Waals surface area contributed by atoms with E-state index in [0.717, 1.165) is 30.3 Å². The van der Waals surface area contributed by atoms with E-state index < -0.39 is 5.97 Å². The Hall–Kier alpha value is -1.35. The second kappa shape index (κ2) is 4.82. The molecule has 0 aliphatic carbocycles. The number of carboxylic acid groups (broad SMARTS) is 1. The number of fused-ring (bicyclic) bond motifs is 3. The van der Waals surface area contributed by atoms with Crippen LogP contribution in [0.5, 0.6) is 0 Å². The highest BCUT2D eigenvalue weighted by Gasteiger charge is 2.79. The van der Waals surface area contributed by atoms with Gasteiger partial charge >= 0.3 is 5.97 Å². The molecule has 2 aliphatic heterocycles. The van der Waals surface area contributed by atoms with Gasteiger partial charge in [0.15, 0.2) is 5.54 Å². The number of nitrogens with zero attached hydrogens (tertiary/aromatic N) is 1. The molecule has 1 aromatic rings. The average Bonchev–Trinajstić information content (AvgIpc) is 3.02. The standard InChI is InChI=1S/C19H27NO2/c1-14-9-10-16-15(12-14)18(2,3)19(4)13-20(16,19)11-7-5-6-8-17(21)22/h9-10,12H,5-8,11,13H2,1-4H3/p+1. The third-order valence-corrected chi connectivity index (χ3v) is 6.48. The summed E-state index contributed by atoms with van der Waals surface area (Å²) in [5, 5.41) is 8.75. The van der Waals surface area contributed by atoms with E-state index in [-0.39, 0.29) is 5.41 Å². The summed E-state index contributed by atoms with van der Waals surface area (Å²) < 4.78 is 1.11. The number of benzene rings is 1. The topological polar surface area (TPSA) is 37.3 Å². The van der Waals surface area contributed by atoms with Gasteiger partial charge in [0.25, 0.3) is 0 Å². The summed E-state index contributed by atoms with van der Waals surface area (Å²) in [4.78, 5) is 10.6. The SMILES string of the molecule is Cc1ccc2c(c1)C(C)(C)C1(C)C[N+]21CCCCCC(=O)O. The van der Waals surface area contributed by atoms with Crippen LogP contribution in [0.25, 0.3) is 0 Å². The summed E-state index contributed by atoms with van der Waals surface area (Å²) >= 11 is 0. The molecule has 1 fully saturated rings. The van der Waals surface area contributed by atoms with E-state index in [2.05, 4.69) is 45.9 Å². The lowest BCUT2D eigenvalue weighted by molar-refractivity contribution is -0.137. The normalized spacial score (nSPS) is 30.7. The molecule has 3 heteroatoms. The minimum absolute atomic E-state index is 0.218. The quantitative estimate of drug-likeness (QED) is 0.490. The highest BCUT2D eigenvalue weighted by atomic mass is 16.4. The van der Waals surface area contributed by atoms with Crippen molar-refractivity contribution in [2.24, 2.45) is 0 Å². The Kier molecular flexibility index (Phi) is 3.41. The number of aryl methyl sites for hydroxylation is 1. The summed E-state index contributed by atoms with van der Waals surface area (Å²) in [6.45, 7) is 11.8. The fraction of sp³-hybridized carbons (Fsp3) is 0.632. The van der Waals surface area contributed by atoms with Crippen LogP contribution in [0.1, 0.15) is 57.6 Å². The average molecular weight is 302 g/mol. The predicted molar refractivity (Wildman–Crippen MR) is 90.2 cm³/mol. The minimum Gasteiger partial charge on any atom is -0.481 e. The van der Waals surface area contributed by atoms with Crippen molar-refractivity contribution in [3.8, 4) is 0 Å². The third-order valence-electron chi connectivity index (χ3n) is 6.48. The van der Waals surface area contributed by atoms with Crippen molar-refractivity contribution in [1.29, 1.82) is 0 Å². The van der Waals surface area contributed by atoms with Gasteiger partial charge in [0.05, 0.1) is 12.0 Å². The minimum atomic E-state index is -0.674. The van der Waals surface area contributed by atoms with E-state index >= 15 is 0 Å². The highest BCUT2D eigenvalue weighted by molar-refractivity contribution is 5.70. The molecule has 3 nitrogen and oxygen atoms in total. The first-order chi connectivity index (χ1) is 10.2. The van der Waals surface area contributed by atoms with Gasteiger partial charge in [-0.05, 0) is 59.1 Å². The van der Waals surface area contributed by atoms with Crippen LogP contribution in [0.2, 0.25) is 0 Å². The van der Waals surface area contributed by atoms with Crippen LogP contribution in [0, 0.1) is 6.92 Å². The second-order valence-electron chi connectivity index (χ2n) is 7.97. The molecule has 2 aliphatic rings. The smallest absolute Gasteiger partial charge is 0.303 e. The molecule has 1 N–H and O–H groups in total. The lowest BCUT2D eigenvalue weighted by Crippen LogP contribution is -2.40. The molecule has 2 unspecified atom stereocenters. The molecule has 1 saturated heterocycles. The number of carboxylic acids is 1. The molecule has 1 aromatic carbocycles. The molecule has 0 aromatic heterocycles. The Morgan fingerprint density at radius 2 is 1.95 bits per heavy atom. The monoisotopic (exact) mass is 302 g/mol. The first-order valence-corrected chi connectivity index (χ1v) is 8.45. The van der Waals surface area contributed by atoms with E-state index in [1.807, 2.05) is 0 Å². The Bertz CT molecular complexity index is 622. The molecule has 2 atom stereocenters. The molecule has 0 spiro atoms. The molecule has 2 heterocycles. The van der Waals surface area contributed by atoms with Gasteiger partial charge in [0.1, 0.15) is 12.2 Å². The van der Waals surface area contributed by atoms with Crippen molar-refractivity contribution in [3.63, 3.8) is 0 Å². The van der Waals surface area contributed by atoms with Crippen LogP contribution in [0.15, 0.2) is 18.2 Å². The van der Waals surface area contributed by atoms with Gasteiger partial charge in [-0.1, -0.05) is 11.6 Å². The summed E-state index contributed by atoms with van der Waals surface area (Å²) in [7, 11) is 0. The largest absolute Gasteiger partial charge is 0.481 e. The number of hydrogen-bond acceptors (Lipinski definition) is 1. The lowest BCUT2D eigenvalue weighted by atomic mass is 9.75. The number of aliphatic carboxylic acids is 1. The predicted octanol–water partition coefficient (Wildman–Crippen LogP) is 4.01. The highest BCUT2D eigenvalue weighted by Crippen LogP contribution is 2.66.